The maximum atomic E-state index is 4.27. The maximum Gasteiger partial charge on any atom is 0.142 e. The van der Waals surface area contributed by atoms with E-state index < -0.39 is 0 Å². The number of likely N-dealkylation sites (N-methyl/N-ethyl adjacent to an activating group) is 1. The van der Waals surface area contributed by atoms with Crippen LogP contribution in [0.1, 0.15) is 25.6 Å². The smallest absolute Gasteiger partial charge is 0.142 e. The fraction of sp³-hybridized carbons (Fsp3) is 0.667. The second-order valence-corrected chi connectivity index (χ2v) is 4.29. The predicted octanol–water partition coefficient (Wildman–Crippen LogP) is 1.05. The Morgan fingerprint density at radius 3 is 2.88 bits per heavy atom. The van der Waals surface area contributed by atoms with Gasteiger partial charge in [-0.3, -0.25) is 4.90 Å². The van der Waals surface area contributed by atoms with Crippen LogP contribution in [0.3, 0.4) is 0 Å². The van der Waals surface area contributed by atoms with Crippen molar-refractivity contribution in [3.63, 3.8) is 0 Å². The van der Waals surface area contributed by atoms with Gasteiger partial charge in [0.25, 0.3) is 0 Å². The summed E-state index contributed by atoms with van der Waals surface area (Å²) in [6.07, 6.45) is 6.23. The Hall–Kier alpha value is -1.00. The Morgan fingerprint density at radius 2 is 2.25 bits per heavy atom. The number of hydrogen-bond donors (Lipinski definition) is 1. The number of nitrogens with zero attached hydrogens (tertiary/aromatic N) is 3. The maximum absolute atomic E-state index is 4.27. The standard InChI is InChI=1S/C12H20N4/c1-2-16(9-11-5-3-6-13-11)10-12-14-7-4-8-15-12/h4,7-8,11,13H,2-3,5-6,9-10H2,1H3. The van der Waals surface area contributed by atoms with Crippen molar-refractivity contribution in [2.75, 3.05) is 19.6 Å². The van der Waals surface area contributed by atoms with Crippen LogP contribution in [0.5, 0.6) is 0 Å². The lowest BCUT2D eigenvalue weighted by Crippen LogP contribution is -2.37. The summed E-state index contributed by atoms with van der Waals surface area (Å²) >= 11 is 0. The van der Waals surface area contributed by atoms with Crippen LogP contribution < -0.4 is 5.32 Å². The molecule has 2 rings (SSSR count). The highest BCUT2D eigenvalue weighted by atomic mass is 15.2. The lowest BCUT2D eigenvalue weighted by molar-refractivity contribution is 0.247. The van der Waals surface area contributed by atoms with Crippen molar-refractivity contribution in [1.82, 2.24) is 20.2 Å². The average Bonchev–Trinajstić information content (AvgIpc) is 2.82. The summed E-state index contributed by atoms with van der Waals surface area (Å²) in [7, 11) is 0. The molecule has 0 aliphatic carbocycles. The minimum Gasteiger partial charge on any atom is -0.313 e. The van der Waals surface area contributed by atoms with Gasteiger partial charge in [-0.1, -0.05) is 6.92 Å². The van der Waals surface area contributed by atoms with E-state index in [1.165, 1.54) is 19.4 Å². The zero-order chi connectivity index (χ0) is 11.2. The van der Waals surface area contributed by atoms with Gasteiger partial charge in [0.1, 0.15) is 5.82 Å². The van der Waals surface area contributed by atoms with E-state index in [0.29, 0.717) is 6.04 Å². The van der Waals surface area contributed by atoms with Gasteiger partial charge in [0.05, 0.1) is 6.54 Å². The molecule has 1 aliphatic rings. The molecule has 0 saturated carbocycles. The van der Waals surface area contributed by atoms with Gasteiger partial charge in [0.15, 0.2) is 0 Å². The monoisotopic (exact) mass is 220 g/mol. The summed E-state index contributed by atoms with van der Waals surface area (Å²) in [5.41, 5.74) is 0. The van der Waals surface area contributed by atoms with Gasteiger partial charge < -0.3 is 5.32 Å². The fourth-order valence-electron chi connectivity index (χ4n) is 2.14. The molecule has 0 aromatic carbocycles. The molecule has 1 aromatic heterocycles. The molecule has 1 fully saturated rings. The molecule has 0 bridgehead atoms. The van der Waals surface area contributed by atoms with Crippen molar-refractivity contribution in [2.45, 2.75) is 32.4 Å². The predicted molar refractivity (Wildman–Crippen MR) is 64.0 cm³/mol. The first-order valence-corrected chi connectivity index (χ1v) is 6.10. The molecule has 1 atom stereocenters. The minimum atomic E-state index is 0.656. The molecule has 0 spiro atoms. The second kappa shape index (κ2) is 5.92. The first kappa shape index (κ1) is 11.5. The molecule has 1 unspecified atom stereocenters. The molecular formula is C12H20N4. The van der Waals surface area contributed by atoms with Crippen molar-refractivity contribution in [2.24, 2.45) is 0 Å². The van der Waals surface area contributed by atoms with Crippen LogP contribution in [-0.4, -0.2) is 40.5 Å². The zero-order valence-electron chi connectivity index (χ0n) is 9.89. The first-order valence-electron chi connectivity index (χ1n) is 6.10. The van der Waals surface area contributed by atoms with Crippen molar-refractivity contribution in [3.05, 3.63) is 24.3 Å². The lowest BCUT2D eigenvalue weighted by atomic mass is 10.2. The van der Waals surface area contributed by atoms with Gasteiger partial charge in [-0.15, -0.1) is 0 Å². The molecule has 1 saturated heterocycles. The quantitative estimate of drug-likeness (QED) is 0.805. The molecule has 2 heterocycles. The lowest BCUT2D eigenvalue weighted by Gasteiger charge is -2.23. The van der Waals surface area contributed by atoms with E-state index in [1.54, 1.807) is 0 Å². The largest absolute Gasteiger partial charge is 0.313 e. The Balaban J connectivity index is 1.85. The Morgan fingerprint density at radius 1 is 1.44 bits per heavy atom. The normalized spacial score (nSPS) is 20.5. The highest BCUT2D eigenvalue weighted by Gasteiger charge is 2.17. The topological polar surface area (TPSA) is 41.1 Å². The van der Waals surface area contributed by atoms with E-state index in [0.717, 1.165) is 25.5 Å². The van der Waals surface area contributed by atoms with Crippen LogP contribution in [0.25, 0.3) is 0 Å². The van der Waals surface area contributed by atoms with E-state index in [1.807, 2.05) is 18.5 Å². The Labute approximate surface area is 97.1 Å². The summed E-state index contributed by atoms with van der Waals surface area (Å²) in [5, 5.41) is 3.52. The first-order chi connectivity index (χ1) is 7.88. The number of hydrogen-bond acceptors (Lipinski definition) is 4. The third-order valence-electron chi connectivity index (χ3n) is 3.07. The average molecular weight is 220 g/mol. The zero-order valence-corrected chi connectivity index (χ0v) is 9.89. The van der Waals surface area contributed by atoms with Gasteiger partial charge in [-0.2, -0.15) is 0 Å². The minimum absolute atomic E-state index is 0.656. The molecule has 1 N–H and O–H groups in total. The van der Waals surface area contributed by atoms with Crippen molar-refractivity contribution in [3.8, 4) is 0 Å². The van der Waals surface area contributed by atoms with E-state index in [-0.39, 0.29) is 0 Å². The van der Waals surface area contributed by atoms with Gasteiger partial charge in [0, 0.05) is 25.0 Å². The highest BCUT2D eigenvalue weighted by Crippen LogP contribution is 2.08. The summed E-state index contributed by atoms with van der Waals surface area (Å²) < 4.78 is 0. The van der Waals surface area contributed by atoms with Crippen LogP contribution in [-0.2, 0) is 6.54 Å². The molecule has 1 aromatic rings. The van der Waals surface area contributed by atoms with Gasteiger partial charge >= 0.3 is 0 Å². The molecule has 16 heavy (non-hydrogen) atoms. The fourth-order valence-corrected chi connectivity index (χ4v) is 2.14. The summed E-state index contributed by atoms with van der Waals surface area (Å²) in [6, 6.07) is 2.52. The van der Waals surface area contributed by atoms with Gasteiger partial charge in [-0.05, 0) is 32.0 Å². The number of aromatic nitrogens is 2. The third kappa shape index (κ3) is 3.25. The summed E-state index contributed by atoms with van der Waals surface area (Å²) in [5.74, 6) is 0.919. The second-order valence-electron chi connectivity index (χ2n) is 4.29. The molecule has 88 valence electrons. The third-order valence-corrected chi connectivity index (χ3v) is 3.07. The van der Waals surface area contributed by atoms with E-state index in [4.69, 9.17) is 0 Å². The number of nitrogens with one attached hydrogen (secondary N) is 1. The van der Waals surface area contributed by atoms with Gasteiger partial charge in [-0.25, -0.2) is 9.97 Å². The summed E-state index contributed by atoms with van der Waals surface area (Å²) in [6.45, 7) is 6.38. The molecule has 0 amide bonds. The molecule has 4 heteroatoms. The van der Waals surface area contributed by atoms with Crippen LogP contribution in [0.2, 0.25) is 0 Å². The highest BCUT2D eigenvalue weighted by molar-refractivity contribution is 4.89. The van der Waals surface area contributed by atoms with Crippen molar-refractivity contribution < 1.29 is 0 Å². The molecule has 0 radical (unpaired) electrons. The Kier molecular flexibility index (Phi) is 4.25. The van der Waals surface area contributed by atoms with E-state index in [9.17, 15) is 0 Å². The van der Waals surface area contributed by atoms with Crippen LogP contribution in [0.15, 0.2) is 18.5 Å². The van der Waals surface area contributed by atoms with Crippen LogP contribution in [0.4, 0.5) is 0 Å². The van der Waals surface area contributed by atoms with Crippen LogP contribution >= 0.6 is 0 Å². The molecule has 4 nitrogen and oxygen atoms in total. The molecule has 1 aliphatic heterocycles. The molecular weight excluding hydrogens is 200 g/mol. The van der Waals surface area contributed by atoms with Crippen LogP contribution in [0, 0.1) is 0 Å². The number of rotatable bonds is 5. The van der Waals surface area contributed by atoms with Crippen molar-refractivity contribution >= 4 is 0 Å². The van der Waals surface area contributed by atoms with E-state index in [2.05, 4.69) is 27.1 Å². The Bertz CT molecular complexity index is 295. The summed E-state index contributed by atoms with van der Waals surface area (Å²) in [4.78, 5) is 10.9. The van der Waals surface area contributed by atoms with E-state index >= 15 is 0 Å². The van der Waals surface area contributed by atoms with Gasteiger partial charge in [0.2, 0.25) is 0 Å². The van der Waals surface area contributed by atoms with Crippen molar-refractivity contribution in [1.29, 1.82) is 0 Å². The SMILES string of the molecule is CCN(Cc1ncccn1)CC1CCCN1.